The van der Waals surface area contributed by atoms with Crippen LogP contribution in [0.2, 0.25) is 0 Å². The molecule has 0 fully saturated rings. The van der Waals surface area contributed by atoms with E-state index in [1.54, 1.807) is 20.4 Å². The number of nitrogens with two attached hydrogens (primary N) is 1. The number of ether oxygens (including phenoxy) is 2. The normalized spacial score (nSPS) is 10.2. The Kier molecular flexibility index (Phi) is 3.37. The van der Waals surface area contributed by atoms with Gasteiger partial charge in [-0.1, -0.05) is 6.07 Å². The summed E-state index contributed by atoms with van der Waals surface area (Å²) < 4.78 is 10.7. The average Bonchev–Trinajstić information content (AvgIpc) is 2.41. The number of nitrogens with zero attached hydrogens (tertiary/aromatic N) is 1. The molecule has 0 aliphatic rings. The summed E-state index contributed by atoms with van der Waals surface area (Å²) in [6, 6.07) is 7.57. The zero-order valence-corrected chi connectivity index (χ0v) is 10.7. The summed E-state index contributed by atoms with van der Waals surface area (Å²) in [6.45, 7) is 1.95. The number of aryl methyl sites for hydroxylation is 1. The van der Waals surface area contributed by atoms with Gasteiger partial charge in [-0.25, -0.2) is 0 Å². The van der Waals surface area contributed by atoms with Crippen molar-refractivity contribution in [2.45, 2.75) is 6.92 Å². The second kappa shape index (κ2) is 4.96. The average molecular weight is 244 g/mol. The summed E-state index contributed by atoms with van der Waals surface area (Å²) in [4.78, 5) is 4.34. The third kappa shape index (κ3) is 2.09. The summed E-state index contributed by atoms with van der Waals surface area (Å²) in [5, 5.41) is 0. The van der Waals surface area contributed by atoms with Gasteiger partial charge in [-0.3, -0.25) is 4.98 Å². The second-order valence-electron chi connectivity index (χ2n) is 3.96. The zero-order valence-electron chi connectivity index (χ0n) is 10.7. The molecule has 1 aromatic heterocycles. The molecule has 2 rings (SSSR count). The van der Waals surface area contributed by atoms with Crippen LogP contribution in [0.5, 0.6) is 11.5 Å². The van der Waals surface area contributed by atoms with Crippen molar-refractivity contribution in [2.24, 2.45) is 0 Å². The molecule has 1 heterocycles. The van der Waals surface area contributed by atoms with Crippen LogP contribution in [0.1, 0.15) is 5.56 Å². The lowest BCUT2D eigenvalue weighted by molar-refractivity contribution is 0.397. The number of pyridine rings is 1. The Bertz CT molecular complexity index is 545. The Morgan fingerprint density at radius 1 is 1.11 bits per heavy atom. The van der Waals surface area contributed by atoms with Crippen LogP contribution in [0.25, 0.3) is 11.3 Å². The quantitative estimate of drug-likeness (QED) is 0.901. The summed E-state index contributed by atoms with van der Waals surface area (Å²) >= 11 is 0. The van der Waals surface area contributed by atoms with Crippen molar-refractivity contribution < 1.29 is 9.47 Å². The van der Waals surface area contributed by atoms with Gasteiger partial charge >= 0.3 is 0 Å². The maximum atomic E-state index is 5.78. The minimum atomic E-state index is 0.674. The number of nitrogen functional groups attached to an aromatic ring is 1. The minimum Gasteiger partial charge on any atom is -0.496 e. The molecule has 4 nitrogen and oxygen atoms in total. The smallest absolute Gasteiger partial charge is 0.132 e. The number of aromatic nitrogens is 1. The van der Waals surface area contributed by atoms with Crippen molar-refractivity contribution >= 4 is 5.69 Å². The van der Waals surface area contributed by atoms with Crippen LogP contribution in [0, 0.1) is 6.92 Å². The fraction of sp³-hybridized carbons (Fsp3) is 0.214. The first-order valence-corrected chi connectivity index (χ1v) is 5.61. The van der Waals surface area contributed by atoms with Gasteiger partial charge in [0.15, 0.2) is 0 Å². The Balaban J connectivity index is 2.64. The van der Waals surface area contributed by atoms with Gasteiger partial charge in [-0.2, -0.15) is 0 Å². The van der Waals surface area contributed by atoms with Crippen molar-refractivity contribution in [2.75, 3.05) is 20.0 Å². The summed E-state index contributed by atoms with van der Waals surface area (Å²) in [6.07, 6.45) is 1.65. The van der Waals surface area contributed by atoms with Crippen LogP contribution in [-0.4, -0.2) is 19.2 Å². The Morgan fingerprint density at radius 3 is 2.22 bits per heavy atom. The van der Waals surface area contributed by atoms with Crippen LogP contribution >= 0.6 is 0 Å². The summed E-state index contributed by atoms with van der Waals surface area (Å²) in [7, 11) is 3.25. The van der Waals surface area contributed by atoms with Gasteiger partial charge in [-0.05, 0) is 30.7 Å². The molecule has 0 amide bonds. The first kappa shape index (κ1) is 12.2. The van der Waals surface area contributed by atoms with Crippen molar-refractivity contribution in [3.05, 3.63) is 36.0 Å². The molecule has 1 aromatic carbocycles. The molecule has 0 saturated heterocycles. The maximum Gasteiger partial charge on any atom is 0.132 e. The summed E-state index contributed by atoms with van der Waals surface area (Å²) in [5.41, 5.74) is 9.06. The molecule has 0 bridgehead atoms. The van der Waals surface area contributed by atoms with Crippen molar-refractivity contribution in [3.63, 3.8) is 0 Å². The number of methoxy groups -OCH3 is 2. The van der Waals surface area contributed by atoms with Gasteiger partial charge in [-0.15, -0.1) is 0 Å². The van der Waals surface area contributed by atoms with E-state index in [2.05, 4.69) is 4.98 Å². The van der Waals surface area contributed by atoms with Crippen molar-refractivity contribution in [3.8, 4) is 22.8 Å². The van der Waals surface area contributed by atoms with Crippen LogP contribution in [0.4, 0.5) is 5.69 Å². The molecule has 18 heavy (non-hydrogen) atoms. The molecule has 0 aliphatic carbocycles. The van der Waals surface area contributed by atoms with Crippen LogP contribution in [0.3, 0.4) is 0 Å². The number of rotatable bonds is 3. The highest BCUT2D eigenvalue weighted by molar-refractivity contribution is 5.75. The molecule has 0 spiro atoms. The first-order valence-electron chi connectivity index (χ1n) is 5.61. The third-order valence-electron chi connectivity index (χ3n) is 2.84. The number of benzene rings is 1. The molecule has 0 aliphatic heterocycles. The molecule has 94 valence electrons. The second-order valence-corrected chi connectivity index (χ2v) is 3.96. The van der Waals surface area contributed by atoms with Gasteiger partial charge in [0, 0.05) is 0 Å². The molecule has 0 atom stereocenters. The fourth-order valence-electron chi connectivity index (χ4n) is 1.81. The van der Waals surface area contributed by atoms with Crippen LogP contribution < -0.4 is 15.2 Å². The van der Waals surface area contributed by atoms with E-state index in [0.29, 0.717) is 5.69 Å². The molecular formula is C14H16N2O2. The lowest BCUT2D eigenvalue weighted by atomic mass is 10.1. The third-order valence-corrected chi connectivity index (χ3v) is 2.84. The summed E-state index contributed by atoms with van der Waals surface area (Å²) in [5.74, 6) is 1.46. The SMILES string of the molecule is COc1cccc(OC)c1-c1cc(C)c(N)cn1. The van der Waals surface area contributed by atoms with Crippen molar-refractivity contribution in [1.29, 1.82) is 0 Å². The van der Waals surface area contributed by atoms with Crippen LogP contribution in [0.15, 0.2) is 30.5 Å². The van der Waals surface area contributed by atoms with Crippen molar-refractivity contribution in [1.82, 2.24) is 4.98 Å². The Morgan fingerprint density at radius 2 is 1.72 bits per heavy atom. The maximum absolute atomic E-state index is 5.78. The van der Waals surface area contributed by atoms with E-state index in [0.717, 1.165) is 28.3 Å². The van der Waals surface area contributed by atoms with Gasteiger partial charge < -0.3 is 15.2 Å². The first-order chi connectivity index (χ1) is 8.67. The van der Waals surface area contributed by atoms with E-state index in [-0.39, 0.29) is 0 Å². The highest BCUT2D eigenvalue weighted by atomic mass is 16.5. The standard InChI is InChI=1S/C14H16N2O2/c1-9-7-11(16-8-10(9)15)14-12(17-2)5-4-6-13(14)18-3/h4-8H,15H2,1-3H3. The topological polar surface area (TPSA) is 57.4 Å². The van der Waals surface area contributed by atoms with Gasteiger partial charge in [0.05, 0.1) is 37.4 Å². The molecule has 0 unspecified atom stereocenters. The number of hydrogen-bond acceptors (Lipinski definition) is 4. The van der Waals surface area contributed by atoms with E-state index >= 15 is 0 Å². The lowest BCUT2D eigenvalue weighted by Crippen LogP contribution is -1.97. The molecule has 0 saturated carbocycles. The monoisotopic (exact) mass is 244 g/mol. The van der Waals surface area contributed by atoms with E-state index in [9.17, 15) is 0 Å². The Labute approximate surface area is 106 Å². The van der Waals surface area contributed by atoms with Gasteiger partial charge in [0.1, 0.15) is 11.5 Å². The molecule has 2 aromatic rings. The van der Waals surface area contributed by atoms with Gasteiger partial charge in [0.25, 0.3) is 0 Å². The Hall–Kier alpha value is -2.23. The zero-order chi connectivity index (χ0) is 13.1. The minimum absolute atomic E-state index is 0.674. The molecule has 4 heteroatoms. The number of hydrogen-bond donors (Lipinski definition) is 1. The molecular weight excluding hydrogens is 228 g/mol. The van der Waals surface area contributed by atoms with Gasteiger partial charge in [0.2, 0.25) is 0 Å². The fourth-order valence-corrected chi connectivity index (χ4v) is 1.81. The molecule has 0 radical (unpaired) electrons. The largest absolute Gasteiger partial charge is 0.496 e. The van der Waals surface area contributed by atoms with E-state index < -0.39 is 0 Å². The highest BCUT2D eigenvalue weighted by Gasteiger charge is 2.13. The number of anilines is 1. The molecule has 2 N–H and O–H groups in total. The predicted octanol–water partition coefficient (Wildman–Crippen LogP) is 2.66. The predicted molar refractivity (Wildman–Crippen MR) is 71.9 cm³/mol. The van der Waals surface area contributed by atoms with E-state index in [1.807, 2.05) is 31.2 Å². The van der Waals surface area contributed by atoms with E-state index in [4.69, 9.17) is 15.2 Å². The highest BCUT2D eigenvalue weighted by Crippen LogP contribution is 2.37. The van der Waals surface area contributed by atoms with Crippen LogP contribution in [-0.2, 0) is 0 Å². The lowest BCUT2D eigenvalue weighted by Gasteiger charge is -2.13. The van der Waals surface area contributed by atoms with E-state index in [1.165, 1.54) is 0 Å².